The molecule has 0 aliphatic rings. The lowest BCUT2D eigenvalue weighted by Crippen LogP contribution is -2.20. The van der Waals surface area contributed by atoms with Gasteiger partial charge in [-0.3, -0.25) is 4.79 Å². The Morgan fingerprint density at radius 2 is 2.00 bits per heavy atom. The molecule has 1 aromatic carbocycles. The number of aliphatic carboxylic acids is 1. The van der Waals surface area contributed by atoms with Crippen LogP contribution in [0.15, 0.2) is 18.2 Å². The Balaban J connectivity index is 2.80. The second-order valence-corrected chi connectivity index (χ2v) is 4.89. The third kappa shape index (κ3) is 3.39. The fourth-order valence-electron chi connectivity index (χ4n) is 1.47. The highest BCUT2D eigenvalue weighted by atomic mass is 35.5. The van der Waals surface area contributed by atoms with Crippen LogP contribution in [-0.4, -0.2) is 11.1 Å². The van der Waals surface area contributed by atoms with Crippen LogP contribution in [0.3, 0.4) is 0 Å². The van der Waals surface area contributed by atoms with Gasteiger partial charge >= 0.3 is 5.97 Å². The summed E-state index contributed by atoms with van der Waals surface area (Å²) in [6.07, 6.45) is 0.618. The molecule has 0 saturated carbocycles. The molecule has 0 heterocycles. The molecule has 2 nitrogen and oxygen atoms in total. The van der Waals surface area contributed by atoms with E-state index in [1.165, 1.54) is 0 Å². The van der Waals surface area contributed by atoms with Crippen LogP contribution in [0.25, 0.3) is 0 Å². The van der Waals surface area contributed by atoms with E-state index >= 15 is 0 Å². The third-order valence-electron chi connectivity index (χ3n) is 2.79. The van der Waals surface area contributed by atoms with Gasteiger partial charge in [0.2, 0.25) is 0 Å². The minimum atomic E-state index is -0.786. The zero-order chi connectivity index (χ0) is 12.3. The summed E-state index contributed by atoms with van der Waals surface area (Å²) in [5, 5.41) is 10.1. The van der Waals surface area contributed by atoms with Crippen LogP contribution >= 0.6 is 23.2 Å². The van der Waals surface area contributed by atoms with Crippen molar-refractivity contribution in [2.75, 3.05) is 0 Å². The van der Waals surface area contributed by atoms with Gasteiger partial charge in [0.1, 0.15) is 0 Å². The molecule has 2 unspecified atom stereocenters. The van der Waals surface area contributed by atoms with Crippen molar-refractivity contribution in [3.05, 3.63) is 33.8 Å². The van der Waals surface area contributed by atoms with E-state index < -0.39 is 11.9 Å². The van der Waals surface area contributed by atoms with Crippen LogP contribution in [0.2, 0.25) is 10.0 Å². The number of carbonyl (C=O) groups is 1. The van der Waals surface area contributed by atoms with Crippen LogP contribution in [0.5, 0.6) is 0 Å². The molecule has 0 amide bonds. The highest BCUT2D eigenvalue weighted by Gasteiger charge is 2.20. The smallest absolute Gasteiger partial charge is 0.306 e. The van der Waals surface area contributed by atoms with Gasteiger partial charge in [0, 0.05) is 10.0 Å². The van der Waals surface area contributed by atoms with Crippen molar-refractivity contribution < 1.29 is 9.90 Å². The number of carboxylic acid groups (broad SMARTS) is 1. The standard InChI is InChI=1S/C12H14Cl2O2/c1-7(8(2)12(15)16)5-9-6-10(13)3-4-11(9)14/h3-4,6-8H,5H2,1-2H3,(H,15,16). The highest BCUT2D eigenvalue weighted by molar-refractivity contribution is 6.33. The van der Waals surface area contributed by atoms with Crippen LogP contribution in [0.4, 0.5) is 0 Å². The number of benzene rings is 1. The average Bonchev–Trinajstić information content (AvgIpc) is 2.22. The van der Waals surface area contributed by atoms with E-state index in [9.17, 15) is 4.79 Å². The first-order valence-electron chi connectivity index (χ1n) is 5.08. The second-order valence-electron chi connectivity index (χ2n) is 4.04. The van der Waals surface area contributed by atoms with Crippen molar-refractivity contribution in [3.63, 3.8) is 0 Å². The molecule has 1 N–H and O–H groups in total. The van der Waals surface area contributed by atoms with E-state index in [4.69, 9.17) is 28.3 Å². The Labute approximate surface area is 105 Å². The number of carboxylic acids is 1. The van der Waals surface area contributed by atoms with Crippen molar-refractivity contribution in [2.45, 2.75) is 20.3 Å². The fourth-order valence-corrected chi connectivity index (χ4v) is 1.86. The summed E-state index contributed by atoms with van der Waals surface area (Å²) in [7, 11) is 0. The molecule has 0 spiro atoms. The maximum atomic E-state index is 10.8. The van der Waals surface area contributed by atoms with Crippen molar-refractivity contribution in [1.29, 1.82) is 0 Å². The highest BCUT2D eigenvalue weighted by Crippen LogP contribution is 2.25. The Morgan fingerprint density at radius 3 is 2.56 bits per heavy atom. The van der Waals surface area contributed by atoms with Gasteiger partial charge in [0.15, 0.2) is 0 Å². The molecular weight excluding hydrogens is 247 g/mol. The predicted octanol–water partition coefficient (Wildman–Crippen LogP) is 3.89. The predicted molar refractivity (Wildman–Crippen MR) is 66.1 cm³/mol. The molecule has 0 aliphatic heterocycles. The summed E-state index contributed by atoms with van der Waals surface area (Å²) in [6.45, 7) is 3.60. The third-order valence-corrected chi connectivity index (χ3v) is 3.40. The van der Waals surface area contributed by atoms with Gasteiger partial charge in [-0.2, -0.15) is 0 Å². The van der Waals surface area contributed by atoms with E-state index in [1.807, 2.05) is 6.92 Å². The van der Waals surface area contributed by atoms with Crippen molar-refractivity contribution in [1.82, 2.24) is 0 Å². The molecule has 88 valence electrons. The summed E-state index contributed by atoms with van der Waals surface area (Å²) in [6, 6.07) is 5.24. The van der Waals surface area contributed by atoms with Gasteiger partial charge in [-0.1, -0.05) is 37.0 Å². The zero-order valence-corrected chi connectivity index (χ0v) is 10.7. The van der Waals surface area contributed by atoms with Crippen LogP contribution in [0, 0.1) is 11.8 Å². The molecule has 16 heavy (non-hydrogen) atoms. The van der Waals surface area contributed by atoms with Gasteiger partial charge in [0.25, 0.3) is 0 Å². The van der Waals surface area contributed by atoms with E-state index in [-0.39, 0.29) is 5.92 Å². The monoisotopic (exact) mass is 260 g/mol. The number of halogens is 2. The van der Waals surface area contributed by atoms with E-state index in [0.29, 0.717) is 16.5 Å². The first-order valence-corrected chi connectivity index (χ1v) is 5.84. The molecular formula is C12H14Cl2O2. The van der Waals surface area contributed by atoms with Gasteiger partial charge in [0.05, 0.1) is 5.92 Å². The normalized spacial score (nSPS) is 14.5. The first kappa shape index (κ1) is 13.3. The SMILES string of the molecule is CC(Cc1cc(Cl)ccc1Cl)C(C)C(=O)O. The molecule has 2 atom stereocenters. The average molecular weight is 261 g/mol. The second kappa shape index (κ2) is 5.55. The van der Waals surface area contributed by atoms with Crippen LogP contribution in [0.1, 0.15) is 19.4 Å². The maximum Gasteiger partial charge on any atom is 0.306 e. The first-order chi connectivity index (χ1) is 7.41. The lowest BCUT2D eigenvalue weighted by molar-refractivity contribution is -0.142. The molecule has 0 aliphatic carbocycles. The largest absolute Gasteiger partial charge is 0.481 e. The molecule has 0 radical (unpaired) electrons. The molecule has 1 rings (SSSR count). The fraction of sp³-hybridized carbons (Fsp3) is 0.417. The van der Waals surface area contributed by atoms with Crippen molar-refractivity contribution in [3.8, 4) is 0 Å². The Kier molecular flexibility index (Phi) is 4.63. The summed E-state index contributed by atoms with van der Waals surface area (Å²) >= 11 is 11.9. The van der Waals surface area contributed by atoms with Gasteiger partial charge in [-0.05, 0) is 36.1 Å². The molecule has 0 fully saturated rings. The Bertz CT molecular complexity index is 391. The topological polar surface area (TPSA) is 37.3 Å². The molecule has 0 aromatic heterocycles. The molecule has 0 bridgehead atoms. The number of rotatable bonds is 4. The Hall–Kier alpha value is -0.730. The summed E-state index contributed by atoms with van der Waals surface area (Å²) in [5.41, 5.74) is 0.898. The van der Waals surface area contributed by atoms with Gasteiger partial charge < -0.3 is 5.11 Å². The summed E-state index contributed by atoms with van der Waals surface area (Å²) < 4.78 is 0. The maximum absolute atomic E-state index is 10.8. The van der Waals surface area contributed by atoms with E-state index in [0.717, 1.165) is 5.56 Å². The van der Waals surface area contributed by atoms with Crippen LogP contribution in [-0.2, 0) is 11.2 Å². The number of hydrogen-bond acceptors (Lipinski definition) is 1. The zero-order valence-electron chi connectivity index (χ0n) is 9.21. The minimum Gasteiger partial charge on any atom is -0.481 e. The van der Waals surface area contributed by atoms with Gasteiger partial charge in [-0.15, -0.1) is 0 Å². The lowest BCUT2D eigenvalue weighted by Gasteiger charge is -2.16. The quantitative estimate of drug-likeness (QED) is 0.892. The summed E-state index contributed by atoms with van der Waals surface area (Å²) in [5.74, 6) is -1.16. The summed E-state index contributed by atoms with van der Waals surface area (Å²) in [4.78, 5) is 10.8. The molecule has 4 heteroatoms. The number of hydrogen-bond donors (Lipinski definition) is 1. The molecule has 1 aromatic rings. The Morgan fingerprint density at radius 1 is 1.38 bits per heavy atom. The minimum absolute atomic E-state index is 0.0217. The lowest BCUT2D eigenvalue weighted by atomic mass is 9.90. The molecule has 0 saturated heterocycles. The van der Waals surface area contributed by atoms with Gasteiger partial charge in [-0.25, -0.2) is 0 Å². The van der Waals surface area contributed by atoms with Crippen molar-refractivity contribution >= 4 is 29.2 Å². The van der Waals surface area contributed by atoms with E-state index in [2.05, 4.69) is 0 Å². The van der Waals surface area contributed by atoms with Crippen molar-refractivity contribution in [2.24, 2.45) is 11.8 Å². The van der Waals surface area contributed by atoms with E-state index in [1.54, 1.807) is 25.1 Å². The van der Waals surface area contributed by atoms with Crippen LogP contribution < -0.4 is 0 Å².